The molecule has 0 unspecified atom stereocenters. The number of hydrogen-bond acceptors (Lipinski definition) is 7. The number of unbranched alkanes of at least 4 members (excludes halogenated alkanes) is 3. The van der Waals surface area contributed by atoms with Gasteiger partial charge in [0.25, 0.3) is 0 Å². The van der Waals surface area contributed by atoms with Crippen LogP contribution in [-0.2, 0) is 4.74 Å². The van der Waals surface area contributed by atoms with Crippen molar-refractivity contribution in [3.05, 3.63) is 22.2 Å². The van der Waals surface area contributed by atoms with E-state index >= 15 is 0 Å². The third kappa shape index (κ3) is 7.93. The smallest absolute Gasteiger partial charge is 0.302 e. The van der Waals surface area contributed by atoms with Crippen LogP contribution in [0.4, 0.5) is 11.4 Å². The maximum Gasteiger partial charge on any atom is 0.302 e. The Bertz CT molecular complexity index is 601. The molecule has 1 aromatic heterocycles. The van der Waals surface area contributed by atoms with E-state index in [1.807, 2.05) is 27.7 Å². The van der Waals surface area contributed by atoms with Crippen LogP contribution in [0.5, 0.6) is 0 Å². The Morgan fingerprint density at radius 1 is 1.12 bits per heavy atom. The topological polar surface area (TPSA) is 103 Å². The monoisotopic (exact) mass is 354 g/mol. The van der Waals surface area contributed by atoms with E-state index in [0.29, 0.717) is 11.2 Å². The summed E-state index contributed by atoms with van der Waals surface area (Å²) in [7, 11) is 1.70. The van der Waals surface area contributed by atoms with Gasteiger partial charge in [-0.2, -0.15) is 0 Å². The third-order valence-electron chi connectivity index (χ3n) is 3.14. The van der Waals surface area contributed by atoms with E-state index in [1.54, 1.807) is 13.2 Å². The third-order valence-corrected chi connectivity index (χ3v) is 3.14. The maximum atomic E-state index is 11.0. The highest BCUT2D eigenvalue weighted by Gasteiger charge is 2.18. The van der Waals surface area contributed by atoms with Crippen molar-refractivity contribution in [1.29, 1.82) is 0 Å². The molecule has 0 spiro atoms. The van der Waals surface area contributed by atoms with E-state index in [2.05, 4.69) is 20.3 Å². The first-order valence-corrected chi connectivity index (χ1v) is 8.86. The zero-order chi connectivity index (χ0) is 19.1. The van der Waals surface area contributed by atoms with Crippen molar-refractivity contribution in [2.24, 2.45) is 0 Å². The van der Waals surface area contributed by atoms with E-state index in [9.17, 15) is 10.1 Å². The van der Waals surface area contributed by atoms with Gasteiger partial charge in [-0.05, 0) is 29.2 Å². The molecule has 8 nitrogen and oxygen atoms in total. The number of methoxy groups -OCH3 is 1. The molecule has 25 heavy (non-hydrogen) atoms. The van der Waals surface area contributed by atoms with Crippen molar-refractivity contribution >= 4 is 22.4 Å². The van der Waals surface area contributed by atoms with Gasteiger partial charge in [-0.3, -0.25) is 10.1 Å². The SMILES string of the molecule is CC.CC.COCCCCCCNc1cc([N+](=O)[O-])c2nonc2c1. The predicted octanol–water partition coefficient (Wildman–Crippen LogP) is 4.80. The lowest BCUT2D eigenvalue weighted by molar-refractivity contribution is -0.383. The van der Waals surface area contributed by atoms with E-state index in [4.69, 9.17) is 4.74 Å². The number of fused-ring (bicyclic) bond motifs is 1. The van der Waals surface area contributed by atoms with Gasteiger partial charge in [0.05, 0.1) is 4.92 Å². The number of hydrogen-bond donors (Lipinski definition) is 1. The second-order valence-electron chi connectivity index (χ2n) is 4.72. The molecule has 0 saturated carbocycles. The van der Waals surface area contributed by atoms with Gasteiger partial charge in [0, 0.05) is 32.0 Å². The lowest BCUT2D eigenvalue weighted by Crippen LogP contribution is -2.02. The highest BCUT2D eigenvalue weighted by Crippen LogP contribution is 2.27. The van der Waals surface area contributed by atoms with Crippen molar-refractivity contribution in [2.45, 2.75) is 53.4 Å². The number of rotatable bonds is 9. The molecular formula is C17H30N4O4. The molecule has 142 valence electrons. The molecule has 1 N–H and O–H groups in total. The molecule has 2 aromatic rings. The Morgan fingerprint density at radius 2 is 1.80 bits per heavy atom. The lowest BCUT2D eigenvalue weighted by Gasteiger charge is -2.06. The summed E-state index contributed by atoms with van der Waals surface area (Å²) in [5.74, 6) is 0. The number of ether oxygens (including phenoxy) is 1. The van der Waals surface area contributed by atoms with Crippen molar-refractivity contribution < 1.29 is 14.3 Å². The van der Waals surface area contributed by atoms with Crippen molar-refractivity contribution in [3.8, 4) is 0 Å². The van der Waals surface area contributed by atoms with Gasteiger partial charge >= 0.3 is 5.69 Å². The minimum Gasteiger partial charge on any atom is -0.385 e. The molecule has 0 bridgehead atoms. The van der Waals surface area contributed by atoms with E-state index in [1.165, 1.54) is 6.07 Å². The standard InChI is InChI=1S/C13H18N4O4.2C2H6/c1-20-7-5-3-2-4-6-14-10-8-11-13(16-21-15-11)12(9-10)17(18)19;2*1-2/h8-9,14H,2-7H2,1H3;2*1-2H3. The Kier molecular flexibility index (Phi) is 12.9. The molecule has 0 aliphatic heterocycles. The molecule has 2 rings (SSSR count). The lowest BCUT2D eigenvalue weighted by atomic mass is 10.2. The van der Waals surface area contributed by atoms with Gasteiger partial charge in [0.2, 0.25) is 5.52 Å². The molecule has 0 aliphatic rings. The van der Waals surface area contributed by atoms with Gasteiger partial charge < -0.3 is 10.1 Å². The summed E-state index contributed by atoms with van der Waals surface area (Å²) in [6.07, 6.45) is 4.25. The predicted molar refractivity (Wildman–Crippen MR) is 100.0 cm³/mol. The highest BCUT2D eigenvalue weighted by molar-refractivity contribution is 5.87. The molecule has 0 atom stereocenters. The number of nitro groups is 1. The van der Waals surface area contributed by atoms with Crippen LogP contribution in [0.15, 0.2) is 16.8 Å². The molecule has 0 radical (unpaired) electrons. The summed E-state index contributed by atoms with van der Waals surface area (Å²) in [6, 6.07) is 3.15. The number of nitro benzene ring substituents is 1. The molecule has 0 fully saturated rings. The number of benzene rings is 1. The van der Waals surface area contributed by atoms with Crippen molar-refractivity contribution in [3.63, 3.8) is 0 Å². The molecule has 0 amide bonds. The van der Waals surface area contributed by atoms with E-state index in [-0.39, 0.29) is 11.2 Å². The number of nitrogens with one attached hydrogen (secondary N) is 1. The molecule has 0 saturated heterocycles. The number of anilines is 1. The Morgan fingerprint density at radius 3 is 2.44 bits per heavy atom. The van der Waals surface area contributed by atoms with Crippen LogP contribution >= 0.6 is 0 Å². The van der Waals surface area contributed by atoms with E-state index in [0.717, 1.165) is 38.8 Å². The number of non-ortho nitro benzene ring substituents is 1. The van der Waals surface area contributed by atoms with Crippen LogP contribution in [0, 0.1) is 10.1 Å². The second-order valence-corrected chi connectivity index (χ2v) is 4.72. The van der Waals surface area contributed by atoms with Crippen LogP contribution < -0.4 is 5.32 Å². The fraction of sp³-hybridized carbons (Fsp3) is 0.647. The fourth-order valence-corrected chi connectivity index (χ4v) is 2.07. The quantitative estimate of drug-likeness (QED) is 0.392. The summed E-state index contributed by atoms with van der Waals surface area (Å²) in [6.45, 7) is 9.54. The minimum atomic E-state index is -0.484. The molecule has 1 aromatic carbocycles. The van der Waals surface area contributed by atoms with Crippen LogP contribution in [0.25, 0.3) is 11.0 Å². The van der Waals surface area contributed by atoms with Crippen molar-refractivity contribution in [2.75, 3.05) is 25.6 Å². The average molecular weight is 354 g/mol. The zero-order valence-corrected chi connectivity index (χ0v) is 15.9. The van der Waals surface area contributed by atoms with E-state index < -0.39 is 4.92 Å². The molecule has 1 heterocycles. The summed E-state index contributed by atoms with van der Waals surface area (Å²) >= 11 is 0. The Labute approximate surface area is 149 Å². The minimum absolute atomic E-state index is 0.101. The average Bonchev–Trinajstić information content (AvgIpc) is 3.12. The summed E-state index contributed by atoms with van der Waals surface area (Å²) < 4.78 is 9.53. The van der Waals surface area contributed by atoms with Gasteiger partial charge in [-0.1, -0.05) is 40.5 Å². The van der Waals surface area contributed by atoms with Crippen LogP contribution in [0.3, 0.4) is 0 Å². The fourth-order valence-electron chi connectivity index (χ4n) is 2.07. The molecular weight excluding hydrogens is 324 g/mol. The summed E-state index contributed by atoms with van der Waals surface area (Å²) in [5.41, 5.74) is 1.11. The molecule has 0 aliphatic carbocycles. The first kappa shape index (κ1) is 22.8. The first-order valence-electron chi connectivity index (χ1n) is 8.86. The largest absolute Gasteiger partial charge is 0.385 e. The zero-order valence-electron chi connectivity index (χ0n) is 15.9. The summed E-state index contributed by atoms with van der Waals surface area (Å²) in [4.78, 5) is 10.5. The first-order chi connectivity index (χ1) is 12.2. The Balaban J connectivity index is 0.00000134. The maximum absolute atomic E-state index is 11.0. The van der Waals surface area contributed by atoms with Crippen LogP contribution in [0.1, 0.15) is 53.4 Å². The number of aromatic nitrogens is 2. The second kappa shape index (κ2) is 14.2. The van der Waals surface area contributed by atoms with Crippen molar-refractivity contribution in [1.82, 2.24) is 10.3 Å². The van der Waals surface area contributed by atoms with Crippen LogP contribution in [-0.4, -0.2) is 35.5 Å². The van der Waals surface area contributed by atoms with Gasteiger partial charge in [0.15, 0.2) is 0 Å². The normalized spacial score (nSPS) is 9.64. The summed E-state index contributed by atoms with van der Waals surface area (Å²) in [5, 5.41) is 21.4. The van der Waals surface area contributed by atoms with Gasteiger partial charge in [-0.25, -0.2) is 4.63 Å². The van der Waals surface area contributed by atoms with Gasteiger partial charge in [-0.15, -0.1) is 0 Å². The highest BCUT2D eigenvalue weighted by atomic mass is 16.6. The molecule has 8 heteroatoms. The Hall–Kier alpha value is -2.22. The van der Waals surface area contributed by atoms with Crippen LogP contribution in [0.2, 0.25) is 0 Å². The number of nitrogens with zero attached hydrogens (tertiary/aromatic N) is 3. The van der Waals surface area contributed by atoms with Gasteiger partial charge in [0.1, 0.15) is 5.52 Å².